The number of benzene rings is 11. The Morgan fingerprint density at radius 2 is 0.532 bits per heavy atom. The average molecular weight is 791 g/mol. The van der Waals surface area contributed by atoms with Gasteiger partial charge in [-0.3, -0.25) is 0 Å². The van der Waals surface area contributed by atoms with Crippen molar-refractivity contribution in [2.45, 2.75) is 0 Å². The van der Waals surface area contributed by atoms with Crippen LogP contribution >= 0.6 is 0 Å². The summed E-state index contributed by atoms with van der Waals surface area (Å²) in [7, 11) is 0. The van der Waals surface area contributed by atoms with E-state index in [1.807, 2.05) is 24.3 Å². The van der Waals surface area contributed by atoms with Gasteiger partial charge < -0.3 is 17.7 Å². The highest BCUT2D eigenvalue weighted by Crippen LogP contribution is 2.49. The Labute approximate surface area is 351 Å². The van der Waals surface area contributed by atoms with Gasteiger partial charge in [0.1, 0.15) is 44.7 Å². The lowest BCUT2D eigenvalue weighted by Crippen LogP contribution is -1.90. The topological polar surface area (TPSA) is 52.6 Å². The van der Waals surface area contributed by atoms with Crippen LogP contribution in [0.1, 0.15) is 0 Å². The fourth-order valence-corrected chi connectivity index (χ4v) is 10.7. The third kappa shape index (κ3) is 4.20. The molecule has 0 spiro atoms. The normalized spacial score (nSPS) is 12.5. The van der Waals surface area contributed by atoms with Crippen LogP contribution in [0.2, 0.25) is 0 Å². The fourth-order valence-electron chi connectivity index (χ4n) is 10.7. The summed E-state index contributed by atoms with van der Waals surface area (Å²) in [6.45, 7) is 0. The summed E-state index contributed by atoms with van der Waals surface area (Å²) in [5.74, 6) is 0. The first kappa shape index (κ1) is 32.5. The molecule has 0 bridgehead atoms. The van der Waals surface area contributed by atoms with Crippen LogP contribution in [0.25, 0.3) is 153 Å². The van der Waals surface area contributed by atoms with Crippen LogP contribution in [0.5, 0.6) is 0 Å². The van der Waals surface area contributed by atoms with Crippen molar-refractivity contribution in [1.29, 1.82) is 0 Å². The molecule has 0 saturated carbocycles. The molecule has 0 saturated heterocycles. The summed E-state index contributed by atoms with van der Waals surface area (Å²) in [5, 5.41) is 17.6. The standard InChI is InChI=1S/C58H30O4/c1-5-19-49-33(11-1)39-15-9-17-41(55(39)59-49)47-29-31-27-46-32(28-45(31)53-37(47)23-25-43-35-13-3-7-21-51(35)61-57(43)53)30-48(42-18-10-16-40-34-12-2-6-20-50(34)60-56(40)42)38-24-26-44-36-14-4-8-22-52(36)62-58(44)54(38)46/h1-30H. The molecule has 0 N–H and O–H groups in total. The maximum atomic E-state index is 6.89. The van der Waals surface area contributed by atoms with E-state index in [9.17, 15) is 0 Å². The molecule has 62 heavy (non-hydrogen) atoms. The quantitative estimate of drug-likeness (QED) is 0.129. The van der Waals surface area contributed by atoms with Crippen LogP contribution in [-0.2, 0) is 0 Å². The zero-order valence-corrected chi connectivity index (χ0v) is 33.0. The summed E-state index contributed by atoms with van der Waals surface area (Å²) in [6.07, 6.45) is 0. The van der Waals surface area contributed by atoms with E-state index < -0.39 is 0 Å². The van der Waals surface area contributed by atoms with Crippen molar-refractivity contribution >= 4 is 131 Å². The Morgan fingerprint density at radius 3 is 0.935 bits per heavy atom. The SMILES string of the molecule is c1ccc2c(c1)oc1c(-c3cc4cc5c(cc(-c6cccc7c6oc6ccccc67)c6ccc7c8ccccc8oc7c65)cc4c4c3ccc3c5ccccc5oc34)cccc12. The zero-order chi connectivity index (χ0) is 40.2. The molecule has 4 aromatic heterocycles. The second-order valence-corrected chi connectivity index (χ2v) is 16.6. The summed E-state index contributed by atoms with van der Waals surface area (Å²) in [5.41, 5.74) is 11.2. The second-order valence-electron chi connectivity index (χ2n) is 16.6. The van der Waals surface area contributed by atoms with Gasteiger partial charge in [0.15, 0.2) is 0 Å². The number of furan rings is 4. The van der Waals surface area contributed by atoms with Crippen molar-refractivity contribution in [3.63, 3.8) is 0 Å². The molecule has 15 aromatic rings. The van der Waals surface area contributed by atoms with Crippen LogP contribution in [0.4, 0.5) is 0 Å². The number of hydrogen-bond acceptors (Lipinski definition) is 4. The van der Waals surface area contributed by atoms with Gasteiger partial charge in [0.2, 0.25) is 0 Å². The van der Waals surface area contributed by atoms with Crippen LogP contribution in [-0.4, -0.2) is 0 Å². The van der Waals surface area contributed by atoms with Gasteiger partial charge in [-0.25, -0.2) is 0 Å². The third-order valence-electron chi connectivity index (χ3n) is 13.4. The van der Waals surface area contributed by atoms with Gasteiger partial charge in [-0.15, -0.1) is 0 Å². The maximum Gasteiger partial charge on any atom is 0.143 e. The minimum atomic E-state index is 0.869. The molecule has 4 heteroatoms. The third-order valence-corrected chi connectivity index (χ3v) is 13.4. The lowest BCUT2D eigenvalue weighted by atomic mass is 9.87. The van der Waals surface area contributed by atoms with E-state index in [-0.39, 0.29) is 0 Å². The molecule has 0 aliphatic rings. The van der Waals surface area contributed by atoms with Crippen molar-refractivity contribution in [2.75, 3.05) is 0 Å². The van der Waals surface area contributed by atoms with Crippen molar-refractivity contribution in [2.24, 2.45) is 0 Å². The van der Waals surface area contributed by atoms with Gasteiger partial charge in [0.25, 0.3) is 0 Å². The Balaban J connectivity index is 1.14. The summed E-state index contributed by atoms with van der Waals surface area (Å²) < 4.78 is 27.2. The lowest BCUT2D eigenvalue weighted by Gasteiger charge is -2.16. The van der Waals surface area contributed by atoms with Crippen LogP contribution in [0.15, 0.2) is 200 Å². The van der Waals surface area contributed by atoms with E-state index in [1.165, 1.54) is 0 Å². The first-order chi connectivity index (χ1) is 30.7. The monoisotopic (exact) mass is 790 g/mol. The summed E-state index contributed by atoms with van der Waals surface area (Å²) in [4.78, 5) is 0. The predicted octanol–water partition coefficient (Wildman–Crippen LogP) is 17.2. The summed E-state index contributed by atoms with van der Waals surface area (Å²) in [6, 6.07) is 64.7. The number of hydrogen-bond donors (Lipinski definition) is 0. The summed E-state index contributed by atoms with van der Waals surface area (Å²) >= 11 is 0. The smallest absolute Gasteiger partial charge is 0.143 e. The van der Waals surface area contributed by atoms with Crippen LogP contribution in [0.3, 0.4) is 0 Å². The van der Waals surface area contributed by atoms with E-state index in [0.717, 1.165) is 153 Å². The van der Waals surface area contributed by atoms with Crippen molar-refractivity contribution in [3.05, 3.63) is 182 Å². The molecule has 286 valence electrons. The maximum absolute atomic E-state index is 6.89. The Bertz CT molecular complexity index is 4170. The highest BCUT2D eigenvalue weighted by molar-refractivity contribution is 6.32. The van der Waals surface area contributed by atoms with Crippen LogP contribution < -0.4 is 0 Å². The molecule has 15 rings (SSSR count). The molecule has 0 radical (unpaired) electrons. The Morgan fingerprint density at radius 1 is 0.210 bits per heavy atom. The van der Waals surface area contributed by atoms with Crippen molar-refractivity contribution in [1.82, 2.24) is 0 Å². The first-order valence-corrected chi connectivity index (χ1v) is 21.1. The van der Waals surface area contributed by atoms with E-state index in [4.69, 9.17) is 17.7 Å². The average Bonchev–Trinajstić information content (AvgIpc) is 4.10. The van der Waals surface area contributed by atoms with Crippen molar-refractivity contribution < 1.29 is 17.7 Å². The van der Waals surface area contributed by atoms with Crippen LogP contribution in [0, 0.1) is 0 Å². The van der Waals surface area contributed by atoms with Gasteiger partial charge in [0, 0.05) is 65.0 Å². The molecule has 11 aromatic carbocycles. The first-order valence-electron chi connectivity index (χ1n) is 21.1. The highest BCUT2D eigenvalue weighted by atomic mass is 16.3. The fraction of sp³-hybridized carbons (Fsp3) is 0. The van der Waals surface area contributed by atoms with Gasteiger partial charge >= 0.3 is 0 Å². The second kappa shape index (κ2) is 11.7. The molecular formula is C58H30O4. The number of fused-ring (bicyclic) bond motifs is 20. The van der Waals surface area contributed by atoms with Crippen molar-refractivity contribution in [3.8, 4) is 22.3 Å². The molecule has 0 unspecified atom stereocenters. The van der Waals surface area contributed by atoms with Gasteiger partial charge in [-0.1, -0.05) is 121 Å². The molecule has 0 atom stereocenters. The number of para-hydroxylation sites is 6. The van der Waals surface area contributed by atoms with Gasteiger partial charge in [-0.05, 0) is 104 Å². The minimum Gasteiger partial charge on any atom is -0.455 e. The molecule has 0 amide bonds. The Kier molecular flexibility index (Phi) is 6.13. The van der Waals surface area contributed by atoms with E-state index in [1.54, 1.807) is 0 Å². The Hall–Kier alpha value is -8.34. The molecule has 0 aliphatic heterocycles. The molecular weight excluding hydrogens is 761 g/mol. The molecule has 0 aliphatic carbocycles. The van der Waals surface area contributed by atoms with Gasteiger partial charge in [0.05, 0.1) is 0 Å². The lowest BCUT2D eigenvalue weighted by molar-refractivity contribution is 0.669. The zero-order valence-electron chi connectivity index (χ0n) is 33.0. The van der Waals surface area contributed by atoms with E-state index >= 15 is 0 Å². The largest absolute Gasteiger partial charge is 0.455 e. The highest BCUT2D eigenvalue weighted by Gasteiger charge is 2.23. The number of rotatable bonds is 2. The minimum absolute atomic E-state index is 0.869. The van der Waals surface area contributed by atoms with Gasteiger partial charge in [-0.2, -0.15) is 0 Å². The molecule has 0 fully saturated rings. The van der Waals surface area contributed by atoms with E-state index in [0.29, 0.717) is 0 Å². The molecule has 4 heterocycles. The molecule has 4 nitrogen and oxygen atoms in total. The predicted molar refractivity (Wildman–Crippen MR) is 256 cm³/mol. The van der Waals surface area contributed by atoms with E-state index in [2.05, 4.69) is 158 Å².